The van der Waals surface area contributed by atoms with Crippen LogP contribution in [0.3, 0.4) is 0 Å². The van der Waals surface area contributed by atoms with Crippen LogP contribution in [0.4, 0.5) is 0 Å². The maximum Gasteiger partial charge on any atom is 0.242 e. The van der Waals surface area contributed by atoms with Crippen LogP contribution in [0.2, 0.25) is 0 Å². The maximum absolute atomic E-state index is 6.34. The van der Waals surface area contributed by atoms with Gasteiger partial charge in [0, 0.05) is 0 Å². The van der Waals surface area contributed by atoms with Crippen LogP contribution in [0, 0.1) is 0 Å². The largest absolute Gasteiger partial charge is 0.370 e. The predicted molar refractivity (Wildman–Crippen MR) is 220 cm³/mol. The summed E-state index contributed by atoms with van der Waals surface area (Å²) >= 11 is 0.969. The van der Waals surface area contributed by atoms with Crippen LogP contribution in [0.15, 0.2) is 214 Å². The lowest BCUT2D eigenvalue weighted by molar-refractivity contribution is 0.652. The van der Waals surface area contributed by atoms with E-state index in [0.717, 1.165) is 78.8 Å². The maximum atomic E-state index is 6.34. The summed E-state index contributed by atoms with van der Waals surface area (Å²) in [5.74, 6) is 0. The Morgan fingerprint density at radius 2 is 0.566 bits per heavy atom. The third-order valence-corrected chi connectivity index (χ3v) is 9.88. The fourth-order valence-corrected chi connectivity index (χ4v) is 7.34. The number of fused-ring (bicyclic) bond motifs is 2. The molecule has 0 fully saturated rings. The van der Waals surface area contributed by atoms with E-state index in [0.29, 0.717) is 11.2 Å². The van der Waals surface area contributed by atoms with Crippen molar-refractivity contribution in [3.05, 3.63) is 206 Å². The summed E-state index contributed by atoms with van der Waals surface area (Å²) < 4.78 is 17.2. The summed E-state index contributed by atoms with van der Waals surface area (Å²) in [7, 11) is 0. The van der Waals surface area contributed by atoms with Crippen molar-refractivity contribution in [2.24, 2.45) is 0 Å². The Morgan fingerprint density at radius 3 is 0.887 bits per heavy atom. The predicted octanol–water partition coefficient (Wildman–Crippen LogP) is 13.7. The van der Waals surface area contributed by atoms with Crippen molar-refractivity contribution >= 4 is 34.1 Å². The summed E-state index contributed by atoms with van der Waals surface area (Å²) in [6.07, 6.45) is 0. The van der Waals surface area contributed by atoms with Gasteiger partial charge >= 0.3 is 0 Å². The number of benzene rings is 8. The first-order valence-electron chi connectivity index (χ1n) is 17.6. The number of aromatic nitrogens is 2. The van der Waals surface area contributed by atoms with Gasteiger partial charge in [-0.3, -0.25) is 0 Å². The molecule has 0 unspecified atom stereocenters. The average Bonchev–Trinajstić information content (AvgIpc) is 3.31. The molecule has 0 aliphatic carbocycles. The minimum Gasteiger partial charge on any atom is -0.370 e. The zero-order valence-corrected chi connectivity index (χ0v) is 29.6. The van der Waals surface area contributed by atoms with Crippen LogP contribution < -0.4 is 0 Å². The molecule has 1 heterocycles. The third kappa shape index (κ3) is 6.58. The van der Waals surface area contributed by atoms with Crippen LogP contribution in [-0.4, -0.2) is 9.36 Å². The molecule has 0 radical (unpaired) electrons. The molecule has 9 rings (SSSR count). The van der Waals surface area contributed by atoms with Gasteiger partial charge in [-0.05, 0) is 105 Å². The molecule has 0 aliphatic heterocycles. The molecule has 9 aromatic rings. The summed E-state index contributed by atoms with van der Waals surface area (Å²) in [5, 5.41) is 0. The van der Waals surface area contributed by atoms with Crippen LogP contribution >= 0.6 is 11.9 Å². The lowest BCUT2D eigenvalue weighted by Crippen LogP contribution is -2.14. The molecule has 254 valence electrons. The van der Waals surface area contributed by atoms with Crippen molar-refractivity contribution in [2.75, 3.05) is 0 Å². The Bertz CT molecular complexity index is 2460. The van der Waals surface area contributed by atoms with Crippen LogP contribution in [0.1, 0.15) is 0 Å². The SMILES string of the molecule is c1ccc(-c2cc(-c3ccccc3)cc(-n3c4ccccc4osoc4ccccc4n3-c3cc(-c4ccccc4)cc(-c4ccccc4)c3)c2)cc1. The Balaban J connectivity index is 1.48. The van der Waals surface area contributed by atoms with Crippen molar-refractivity contribution < 1.29 is 7.70 Å². The van der Waals surface area contributed by atoms with Crippen molar-refractivity contribution in [1.29, 1.82) is 0 Å². The highest BCUT2D eigenvalue weighted by Crippen LogP contribution is 2.35. The molecule has 0 spiro atoms. The van der Waals surface area contributed by atoms with Crippen LogP contribution in [0.5, 0.6) is 0 Å². The molecular weight excluding hydrogens is 669 g/mol. The Kier molecular flexibility index (Phi) is 8.74. The molecule has 53 heavy (non-hydrogen) atoms. The van der Waals surface area contributed by atoms with Crippen molar-refractivity contribution in [1.82, 2.24) is 9.36 Å². The zero-order chi connectivity index (χ0) is 35.4. The normalized spacial score (nSPS) is 11.0. The van der Waals surface area contributed by atoms with E-state index in [1.807, 2.05) is 24.3 Å². The van der Waals surface area contributed by atoms with Gasteiger partial charge in [0.05, 0.1) is 11.4 Å². The average molecular weight is 703 g/mol. The Morgan fingerprint density at radius 1 is 0.283 bits per heavy atom. The molecular formula is C48H34N2O2S. The van der Waals surface area contributed by atoms with Crippen molar-refractivity contribution in [2.45, 2.75) is 0 Å². The Hall–Kier alpha value is -6.82. The van der Waals surface area contributed by atoms with Gasteiger partial charge in [0.2, 0.25) is 11.9 Å². The molecule has 5 heteroatoms. The van der Waals surface area contributed by atoms with Gasteiger partial charge < -0.3 is 7.70 Å². The number of hydrogen-bond acceptors (Lipinski definition) is 3. The standard InChI is InChI=1S/C48H34N2O2S/c1-5-17-35(18-6-1)39-29-40(36-19-7-2-8-20-36)32-43(31-39)49-45-25-13-15-27-47(45)51-53-52-48-28-16-14-26-46(48)50(49)44-33-41(37-21-9-3-10-22-37)30-42(34-44)38-23-11-4-12-24-38/h1-34H. The van der Waals surface area contributed by atoms with E-state index in [2.05, 4.69) is 191 Å². The Labute approximate surface area is 312 Å². The highest BCUT2D eigenvalue weighted by molar-refractivity contribution is 6.93. The molecule has 8 aromatic carbocycles. The van der Waals surface area contributed by atoms with Gasteiger partial charge in [-0.1, -0.05) is 146 Å². The summed E-state index contributed by atoms with van der Waals surface area (Å²) in [6, 6.07) is 72.1. The highest BCUT2D eigenvalue weighted by Gasteiger charge is 2.16. The van der Waals surface area contributed by atoms with Crippen LogP contribution in [0.25, 0.3) is 78.1 Å². The van der Waals surface area contributed by atoms with E-state index in [9.17, 15) is 0 Å². The number of para-hydroxylation sites is 4. The second kappa shape index (κ2) is 14.4. The molecule has 0 bridgehead atoms. The van der Waals surface area contributed by atoms with Gasteiger partial charge in [0.1, 0.15) is 11.0 Å². The first-order chi connectivity index (χ1) is 26.3. The molecule has 1 aromatic heterocycles. The first kappa shape index (κ1) is 32.1. The number of rotatable bonds is 6. The quantitative estimate of drug-likeness (QED) is 0.173. The lowest BCUT2D eigenvalue weighted by atomic mass is 9.97. The zero-order valence-electron chi connectivity index (χ0n) is 28.7. The first-order valence-corrected chi connectivity index (χ1v) is 18.3. The molecule has 0 saturated carbocycles. The smallest absolute Gasteiger partial charge is 0.242 e. The van der Waals surface area contributed by atoms with E-state index in [1.54, 1.807) is 0 Å². The van der Waals surface area contributed by atoms with Crippen molar-refractivity contribution in [3.8, 4) is 55.9 Å². The summed E-state index contributed by atoms with van der Waals surface area (Å²) in [4.78, 5) is 0. The van der Waals surface area contributed by atoms with Gasteiger partial charge in [-0.25, -0.2) is 9.36 Å². The molecule has 0 N–H and O–H groups in total. The molecule has 4 nitrogen and oxygen atoms in total. The second-order valence-corrected chi connectivity index (χ2v) is 13.3. The third-order valence-electron chi connectivity index (χ3n) is 9.39. The van der Waals surface area contributed by atoms with E-state index in [-0.39, 0.29) is 0 Å². The van der Waals surface area contributed by atoms with Gasteiger partial charge in [0.15, 0.2) is 11.2 Å². The number of hydrogen-bond donors (Lipinski definition) is 0. The molecule has 0 atom stereocenters. The highest BCUT2D eigenvalue weighted by atomic mass is 32.1. The number of nitrogens with zero attached hydrogens (tertiary/aromatic N) is 2. The summed E-state index contributed by atoms with van der Waals surface area (Å²) in [5.41, 5.74) is 13.9. The van der Waals surface area contributed by atoms with E-state index in [4.69, 9.17) is 7.70 Å². The minimum absolute atomic E-state index is 0.671. The van der Waals surface area contributed by atoms with E-state index < -0.39 is 0 Å². The second-order valence-electron chi connectivity index (χ2n) is 12.8. The van der Waals surface area contributed by atoms with Crippen molar-refractivity contribution in [3.63, 3.8) is 0 Å². The molecule has 0 amide bonds. The lowest BCUT2D eigenvalue weighted by Gasteiger charge is -2.22. The molecule has 0 saturated heterocycles. The van der Waals surface area contributed by atoms with Gasteiger partial charge in [0.25, 0.3) is 0 Å². The van der Waals surface area contributed by atoms with Crippen LogP contribution in [-0.2, 0) is 0 Å². The summed E-state index contributed by atoms with van der Waals surface area (Å²) in [6.45, 7) is 0. The van der Waals surface area contributed by atoms with Gasteiger partial charge in [-0.2, -0.15) is 0 Å². The minimum atomic E-state index is 0.671. The fourth-order valence-electron chi connectivity index (χ4n) is 6.88. The molecule has 0 aliphatic rings. The fraction of sp³-hybridized carbons (Fsp3) is 0. The van der Waals surface area contributed by atoms with Gasteiger partial charge in [-0.15, -0.1) is 0 Å². The topological polar surface area (TPSA) is 36.1 Å². The van der Waals surface area contributed by atoms with E-state index in [1.165, 1.54) is 0 Å². The monoisotopic (exact) mass is 702 g/mol. The van der Waals surface area contributed by atoms with E-state index >= 15 is 0 Å².